The summed E-state index contributed by atoms with van der Waals surface area (Å²) in [7, 11) is 0. The molecule has 9 atom stereocenters. The Balaban J connectivity index is 0.00000726. The lowest BCUT2D eigenvalue weighted by Gasteiger charge is -2.28. The molecule has 6 unspecified atom stereocenters. The van der Waals surface area contributed by atoms with E-state index in [0.29, 0.717) is 51.4 Å². The zero-order chi connectivity index (χ0) is 43.3. The number of rotatable bonds is 18. The van der Waals surface area contributed by atoms with Gasteiger partial charge in [0.25, 0.3) is 0 Å². The zero-order valence-corrected chi connectivity index (χ0v) is 34.8. The van der Waals surface area contributed by atoms with Crippen molar-refractivity contribution in [3.63, 3.8) is 0 Å². The van der Waals surface area contributed by atoms with Gasteiger partial charge in [0.05, 0.1) is 17.8 Å². The minimum atomic E-state index is -0.985. The number of hydrogen-bond acceptors (Lipinski definition) is 7. The summed E-state index contributed by atoms with van der Waals surface area (Å²) in [6.07, 6.45) is 6.15. The first-order chi connectivity index (χ1) is 29.4. The summed E-state index contributed by atoms with van der Waals surface area (Å²) in [5, 5.41) is 17.8. The number of primary amides is 1. The summed E-state index contributed by atoms with van der Waals surface area (Å²) in [6.45, 7) is 1.42. The van der Waals surface area contributed by atoms with Gasteiger partial charge < -0.3 is 37.6 Å². The molecular weight excluding hydrogens is 787 g/mol. The first-order valence-corrected chi connectivity index (χ1v) is 21.6. The molecule has 3 aliphatic rings. The third-order valence-corrected chi connectivity index (χ3v) is 12.4. The van der Waals surface area contributed by atoms with Crippen LogP contribution in [0.2, 0.25) is 0 Å². The van der Waals surface area contributed by atoms with Crippen LogP contribution in [0.1, 0.15) is 88.8 Å². The van der Waals surface area contributed by atoms with Gasteiger partial charge >= 0.3 is 0 Å². The molecule has 3 aromatic carbocycles. The Kier molecular flexibility index (Phi) is 17.2. The van der Waals surface area contributed by atoms with Gasteiger partial charge in [-0.05, 0) is 55.2 Å². The number of carbonyl (C=O) groups is 7. The van der Waals surface area contributed by atoms with E-state index in [0.717, 1.165) is 23.1 Å². The summed E-state index contributed by atoms with van der Waals surface area (Å²) < 4.78 is 0. The topological polar surface area (TPSA) is 218 Å². The van der Waals surface area contributed by atoms with Crippen molar-refractivity contribution in [2.24, 2.45) is 23.5 Å². The fraction of sp³-hybridized carbons (Fsp3) is 0.479. The maximum absolute atomic E-state index is 14.2. The van der Waals surface area contributed by atoms with Crippen LogP contribution in [0.5, 0.6) is 0 Å². The second-order valence-electron chi connectivity index (χ2n) is 16.8. The quantitative estimate of drug-likeness (QED) is 0.101. The summed E-state index contributed by atoms with van der Waals surface area (Å²) >= 11 is 0. The predicted molar refractivity (Wildman–Crippen MR) is 236 cm³/mol. The van der Waals surface area contributed by atoms with Crippen LogP contribution in [0.25, 0.3) is 0 Å². The monoisotopic (exact) mass is 849 g/mol. The average molecular weight is 850 g/mol. The zero-order valence-electron chi connectivity index (χ0n) is 34.8. The number of hydrogen-bond donors (Lipinski definition) is 7. The highest BCUT2D eigenvalue weighted by Gasteiger charge is 2.41. The Morgan fingerprint density at radius 3 is 1.11 bits per heavy atom. The second-order valence-corrected chi connectivity index (χ2v) is 16.8. The lowest BCUT2D eigenvalue weighted by Crippen LogP contribution is -2.57. The SMILES string of the molecule is C.CC(=O)NC1CCCC1C(=O)N[C@@H](Cc1ccccc1)C(=O)NC1CCCC1C(=O)N[C@@H](Cc1ccccc1)C(=O)NC1CCCC1C(=O)N[C@@H](Cc1ccccc1)C(N)=O. The van der Waals surface area contributed by atoms with E-state index >= 15 is 0 Å². The molecule has 0 heterocycles. The lowest BCUT2D eigenvalue weighted by molar-refractivity contribution is -0.134. The van der Waals surface area contributed by atoms with E-state index < -0.39 is 65.7 Å². The molecule has 332 valence electrons. The van der Waals surface area contributed by atoms with Gasteiger partial charge in [0.1, 0.15) is 18.1 Å². The standard InChI is InChI=1S/C47H59N7O7.CH4/c1-29(55)49-36-23-11-20-33(36)44(58)53-40(27-31-16-7-3-8-17-31)46(60)51-38-25-13-22-35(38)45(59)54-41(28-32-18-9-4-10-19-32)47(61)50-37-24-12-21-34(37)43(57)52-39(42(48)56)26-30-14-5-2-6-15-30;/h2-10,14-19,33-41H,11-13,20-28H2,1H3,(H2,48,56)(H,49,55)(H,50,61)(H,51,60)(H,52,57)(H,53,58)(H,54,59);1H4/t33?,34?,35?,36?,37?,38?,39-,40-,41-;/m0./s1. The van der Waals surface area contributed by atoms with Crippen molar-refractivity contribution in [2.45, 2.75) is 128 Å². The number of carbonyl (C=O) groups excluding carboxylic acids is 7. The van der Waals surface area contributed by atoms with Gasteiger partial charge in [-0.15, -0.1) is 0 Å². The molecule has 0 bridgehead atoms. The molecule has 3 fully saturated rings. The summed E-state index contributed by atoms with van der Waals surface area (Å²) in [6, 6.07) is 23.8. The maximum atomic E-state index is 14.2. The Morgan fingerprint density at radius 2 is 0.790 bits per heavy atom. The molecule has 14 nitrogen and oxygen atoms in total. The summed E-state index contributed by atoms with van der Waals surface area (Å²) in [5.74, 6) is -4.46. The highest BCUT2D eigenvalue weighted by Crippen LogP contribution is 2.29. The molecule has 0 aromatic heterocycles. The number of benzene rings is 3. The van der Waals surface area contributed by atoms with Crippen LogP contribution in [0.4, 0.5) is 0 Å². The van der Waals surface area contributed by atoms with Crippen molar-refractivity contribution >= 4 is 41.4 Å². The smallest absolute Gasteiger partial charge is 0.243 e. The van der Waals surface area contributed by atoms with Crippen molar-refractivity contribution in [1.82, 2.24) is 31.9 Å². The highest BCUT2D eigenvalue weighted by atomic mass is 16.2. The molecule has 3 aliphatic carbocycles. The Bertz CT molecular complexity index is 2000. The van der Waals surface area contributed by atoms with E-state index in [9.17, 15) is 33.6 Å². The van der Waals surface area contributed by atoms with Gasteiger partial charge in [0.2, 0.25) is 41.4 Å². The molecule has 14 heteroatoms. The molecule has 0 radical (unpaired) electrons. The van der Waals surface area contributed by atoms with E-state index in [1.165, 1.54) is 6.92 Å². The van der Waals surface area contributed by atoms with Crippen molar-refractivity contribution in [3.05, 3.63) is 108 Å². The maximum Gasteiger partial charge on any atom is 0.243 e. The predicted octanol–water partition coefficient (Wildman–Crippen LogP) is 3.16. The molecule has 0 spiro atoms. The van der Waals surface area contributed by atoms with Crippen LogP contribution < -0.4 is 37.6 Å². The average Bonchev–Trinajstić information content (AvgIpc) is 4.03. The third kappa shape index (κ3) is 13.0. The van der Waals surface area contributed by atoms with Crippen molar-refractivity contribution in [3.8, 4) is 0 Å². The summed E-state index contributed by atoms with van der Waals surface area (Å²) in [4.78, 5) is 93.8. The van der Waals surface area contributed by atoms with Crippen molar-refractivity contribution in [1.29, 1.82) is 0 Å². The normalized spacial score (nSPS) is 23.0. The van der Waals surface area contributed by atoms with Crippen LogP contribution >= 0.6 is 0 Å². The lowest BCUT2D eigenvalue weighted by atomic mass is 9.97. The number of nitrogens with two attached hydrogens (primary N) is 1. The van der Waals surface area contributed by atoms with E-state index in [1.54, 1.807) is 0 Å². The van der Waals surface area contributed by atoms with Gasteiger partial charge in [0.15, 0.2) is 0 Å². The van der Waals surface area contributed by atoms with Crippen LogP contribution in [-0.2, 0) is 52.8 Å². The van der Waals surface area contributed by atoms with Gasteiger partial charge in [-0.2, -0.15) is 0 Å². The Labute approximate surface area is 364 Å². The van der Waals surface area contributed by atoms with Crippen LogP contribution in [0, 0.1) is 17.8 Å². The first kappa shape index (κ1) is 47.0. The van der Waals surface area contributed by atoms with Gasteiger partial charge in [-0.25, -0.2) is 0 Å². The molecule has 6 rings (SSSR count). The highest BCUT2D eigenvalue weighted by molar-refractivity contribution is 5.92. The molecule has 3 saturated carbocycles. The van der Waals surface area contributed by atoms with Gasteiger partial charge in [0, 0.05) is 44.3 Å². The number of amides is 7. The number of nitrogens with one attached hydrogen (secondary N) is 6. The van der Waals surface area contributed by atoms with E-state index in [-0.39, 0.29) is 56.4 Å². The van der Waals surface area contributed by atoms with Crippen LogP contribution in [0.15, 0.2) is 91.0 Å². The van der Waals surface area contributed by atoms with E-state index in [2.05, 4.69) is 31.9 Å². The minimum absolute atomic E-state index is 0. The molecule has 0 aliphatic heterocycles. The first-order valence-electron chi connectivity index (χ1n) is 21.6. The minimum Gasteiger partial charge on any atom is -0.368 e. The Hall–Kier alpha value is -6.05. The molecular formula is C48H63N7O7. The summed E-state index contributed by atoms with van der Waals surface area (Å²) in [5.41, 5.74) is 8.21. The van der Waals surface area contributed by atoms with Crippen molar-refractivity contribution in [2.75, 3.05) is 0 Å². The second kappa shape index (κ2) is 22.7. The molecule has 8 N–H and O–H groups in total. The van der Waals surface area contributed by atoms with Crippen LogP contribution in [0.3, 0.4) is 0 Å². The molecule has 3 aromatic rings. The molecule has 7 amide bonds. The largest absolute Gasteiger partial charge is 0.368 e. The van der Waals surface area contributed by atoms with Crippen molar-refractivity contribution < 1.29 is 33.6 Å². The molecule has 62 heavy (non-hydrogen) atoms. The Morgan fingerprint density at radius 1 is 0.484 bits per heavy atom. The van der Waals surface area contributed by atoms with E-state index in [1.807, 2.05) is 91.0 Å². The molecule has 0 saturated heterocycles. The van der Waals surface area contributed by atoms with Gasteiger partial charge in [-0.3, -0.25) is 33.6 Å². The van der Waals surface area contributed by atoms with Gasteiger partial charge in [-0.1, -0.05) is 118 Å². The fourth-order valence-electron chi connectivity index (χ4n) is 9.19. The fourth-order valence-corrected chi connectivity index (χ4v) is 9.19. The van der Waals surface area contributed by atoms with E-state index in [4.69, 9.17) is 5.73 Å². The third-order valence-electron chi connectivity index (χ3n) is 12.4. The van der Waals surface area contributed by atoms with Crippen LogP contribution in [-0.4, -0.2) is 77.6 Å².